The van der Waals surface area contributed by atoms with E-state index in [1.165, 1.54) is 18.2 Å². The van der Waals surface area contributed by atoms with Crippen LogP contribution in [-0.4, -0.2) is 18.1 Å². The van der Waals surface area contributed by atoms with Crippen LogP contribution in [0.5, 0.6) is 5.75 Å². The molecule has 0 aliphatic carbocycles. The monoisotopic (exact) mass is 256 g/mol. The van der Waals surface area contributed by atoms with E-state index in [2.05, 4.69) is 10.0 Å². The van der Waals surface area contributed by atoms with Crippen molar-refractivity contribution in [3.63, 3.8) is 0 Å². The number of nitrogens with zero attached hydrogens (tertiary/aromatic N) is 4. The second-order valence-corrected chi connectivity index (χ2v) is 3.46. The first-order chi connectivity index (χ1) is 8.15. The van der Waals surface area contributed by atoms with E-state index in [1.807, 2.05) is 0 Å². The van der Waals surface area contributed by atoms with E-state index in [9.17, 15) is 10.1 Å². The molecule has 1 aromatic rings. The summed E-state index contributed by atoms with van der Waals surface area (Å²) < 4.78 is 5.22. The summed E-state index contributed by atoms with van der Waals surface area (Å²) in [5, 5.41) is 14.4. The van der Waals surface area contributed by atoms with Gasteiger partial charge in [0.25, 0.3) is 0 Å². The second kappa shape index (κ2) is 6.57. The van der Waals surface area contributed by atoms with Crippen LogP contribution in [0.3, 0.4) is 0 Å². The van der Waals surface area contributed by atoms with Gasteiger partial charge in [-0.05, 0) is 18.0 Å². The highest BCUT2D eigenvalue weighted by atomic mass is 35.5. The first kappa shape index (κ1) is 13.1. The first-order valence-corrected chi connectivity index (χ1v) is 5.10. The summed E-state index contributed by atoms with van der Waals surface area (Å²) in [5.41, 5.74) is 7.91. The smallest absolute Gasteiger partial charge is 0.311 e. The lowest BCUT2D eigenvalue weighted by atomic mass is 10.3. The number of hydrogen-bond donors (Lipinski definition) is 0. The Morgan fingerprint density at radius 1 is 1.59 bits per heavy atom. The number of nitro benzene ring substituents is 1. The molecular formula is C9H9ClN4O3. The van der Waals surface area contributed by atoms with Crippen LogP contribution < -0.4 is 4.74 Å². The molecule has 90 valence electrons. The molecule has 0 radical (unpaired) electrons. The lowest BCUT2D eigenvalue weighted by Crippen LogP contribution is -2.01. The van der Waals surface area contributed by atoms with Gasteiger partial charge in [0.05, 0.1) is 11.5 Å². The summed E-state index contributed by atoms with van der Waals surface area (Å²) >= 11 is 5.71. The zero-order chi connectivity index (χ0) is 12.7. The van der Waals surface area contributed by atoms with Gasteiger partial charge in [0.15, 0.2) is 5.75 Å². The number of rotatable bonds is 6. The Morgan fingerprint density at radius 3 is 3.00 bits per heavy atom. The molecule has 1 rings (SSSR count). The average molecular weight is 257 g/mol. The third-order valence-electron chi connectivity index (χ3n) is 1.84. The molecule has 0 saturated carbocycles. The second-order valence-electron chi connectivity index (χ2n) is 3.03. The number of nitro groups is 1. The topological polar surface area (TPSA) is 101 Å². The highest BCUT2D eigenvalue weighted by Crippen LogP contribution is 2.29. The van der Waals surface area contributed by atoms with Gasteiger partial charge in [0, 0.05) is 28.6 Å². The van der Waals surface area contributed by atoms with Crippen molar-refractivity contribution in [2.24, 2.45) is 5.11 Å². The van der Waals surface area contributed by atoms with Crippen molar-refractivity contribution >= 4 is 17.3 Å². The van der Waals surface area contributed by atoms with Gasteiger partial charge in [-0.25, -0.2) is 0 Å². The van der Waals surface area contributed by atoms with Crippen molar-refractivity contribution in [2.45, 2.75) is 6.42 Å². The maximum absolute atomic E-state index is 10.7. The third kappa shape index (κ3) is 4.18. The normalized spacial score (nSPS) is 9.47. The standard InChI is InChI=1S/C9H9ClN4O3/c10-7-2-3-8(14(15)16)9(6-7)17-5-1-4-12-13-11/h2-3,6H,1,4-5H2. The van der Waals surface area contributed by atoms with Crippen molar-refractivity contribution < 1.29 is 9.66 Å². The number of ether oxygens (including phenoxy) is 1. The Bertz CT molecular complexity index is 460. The lowest BCUT2D eigenvalue weighted by molar-refractivity contribution is -0.385. The van der Waals surface area contributed by atoms with Gasteiger partial charge < -0.3 is 4.74 Å². The number of hydrogen-bond acceptors (Lipinski definition) is 4. The van der Waals surface area contributed by atoms with Gasteiger partial charge in [0.2, 0.25) is 0 Å². The largest absolute Gasteiger partial charge is 0.487 e. The van der Waals surface area contributed by atoms with Gasteiger partial charge in [0.1, 0.15) is 0 Å². The number of benzene rings is 1. The van der Waals surface area contributed by atoms with Crippen LogP contribution in [0.25, 0.3) is 10.4 Å². The quantitative estimate of drug-likeness (QED) is 0.195. The summed E-state index contributed by atoms with van der Waals surface area (Å²) in [6.07, 6.45) is 0.480. The fourth-order valence-corrected chi connectivity index (χ4v) is 1.28. The SMILES string of the molecule is [N-]=[N+]=NCCCOc1cc(Cl)ccc1[N+](=O)[O-]. The van der Waals surface area contributed by atoms with Crippen LogP contribution in [0, 0.1) is 10.1 Å². The van der Waals surface area contributed by atoms with Crippen LogP contribution in [0.4, 0.5) is 5.69 Å². The number of azide groups is 1. The Kier molecular flexibility index (Phi) is 5.06. The molecule has 0 N–H and O–H groups in total. The lowest BCUT2D eigenvalue weighted by Gasteiger charge is -2.05. The molecule has 0 unspecified atom stereocenters. The highest BCUT2D eigenvalue weighted by molar-refractivity contribution is 6.30. The molecule has 1 aromatic carbocycles. The minimum absolute atomic E-state index is 0.114. The van der Waals surface area contributed by atoms with Crippen LogP contribution >= 0.6 is 11.6 Å². The zero-order valence-corrected chi connectivity index (χ0v) is 9.50. The molecule has 7 nitrogen and oxygen atoms in total. The first-order valence-electron chi connectivity index (χ1n) is 4.72. The molecule has 0 aromatic heterocycles. The van der Waals surface area contributed by atoms with Crippen molar-refractivity contribution in [3.05, 3.63) is 43.8 Å². The van der Waals surface area contributed by atoms with Gasteiger partial charge in [-0.1, -0.05) is 16.7 Å². The molecule has 8 heteroatoms. The van der Waals surface area contributed by atoms with Crippen molar-refractivity contribution in [1.82, 2.24) is 0 Å². The van der Waals surface area contributed by atoms with Crippen LogP contribution in [-0.2, 0) is 0 Å². The van der Waals surface area contributed by atoms with Gasteiger partial charge in [-0.3, -0.25) is 10.1 Å². The van der Waals surface area contributed by atoms with Gasteiger partial charge in [-0.2, -0.15) is 0 Å². The summed E-state index contributed by atoms with van der Waals surface area (Å²) in [6.45, 7) is 0.505. The van der Waals surface area contributed by atoms with E-state index in [0.717, 1.165) is 0 Å². The molecule has 17 heavy (non-hydrogen) atoms. The fourth-order valence-electron chi connectivity index (χ4n) is 1.12. The predicted molar refractivity (Wildman–Crippen MR) is 62.2 cm³/mol. The molecule has 0 bridgehead atoms. The van der Waals surface area contributed by atoms with Crippen LogP contribution in [0.15, 0.2) is 23.3 Å². The van der Waals surface area contributed by atoms with Crippen molar-refractivity contribution in [2.75, 3.05) is 13.2 Å². The average Bonchev–Trinajstić information content (AvgIpc) is 2.28. The summed E-state index contributed by atoms with van der Waals surface area (Å²) in [6, 6.07) is 4.09. The van der Waals surface area contributed by atoms with E-state index < -0.39 is 4.92 Å². The molecule has 0 fully saturated rings. The Morgan fingerprint density at radius 2 is 2.35 bits per heavy atom. The summed E-state index contributed by atoms with van der Waals surface area (Å²) in [4.78, 5) is 12.7. The summed E-state index contributed by atoms with van der Waals surface area (Å²) in [7, 11) is 0. The molecule has 0 aliphatic rings. The van der Waals surface area contributed by atoms with Gasteiger partial charge in [-0.15, -0.1) is 0 Å². The van der Waals surface area contributed by atoms with E-state index in [0.29, 0.717) is 11.4 Å². The number of halogens is 1. The minimum Gasteiger partial charge on any atom is -0.487 e. The van der Waals surface area contributed by atoms with Crippen molar-refractivity contribution in [3.8, 4) is 5.75 Å². The molecule has 0 spiro atoms. The van der Waals surface area contributed by atoms with Crippen molar-refractivity contribution in [1.29, 1.82) is 0 Å². The Balaban J connectivity index is 2.65. The molecule has 0 aliphatic heterocycles. The molecular weight excluding hydrogens is 248 g/mol. The summed E-state index contributed by atoms with van der Waals surface area (Å²) in [5.74, 6) is 0.114. The molecule has 0 amide bonds. The molecule has 0 heterocycles. The zero-order valence-electron chi connectivity index (χ0n) is 8.74. The van der Waals surface area contributed by atoms with E-state index in [4.69, 9.17) is 21.9 Å². The predicted octanol–water partition coefficient (Wildman–Crippen LogP) is 3.33. The van der Waals surface area contributed by atoms with E-state index >= 15 is 0 Å². The molecule has 0 atom stereocenters. The highest BCUT2D eigenvalue weighted by Gasteiger charge is 2.14. The Hall–Kier alpha value is -1.98. The van der Waals surface area contributed by atoms with E-state index in [1.54, 1.807) is 0 Å². The maximum atomic E-state index is 10.7. The third-order valence-corrected chi connectivity index (χ3v) is 2.08. The van der Waals surface area contributed by atoms with Crippen LogP contribution in [0.1, 0.15) is 6.42 Å². The Labute approximate surface area is 102 Å². The van der Waals surface area contributed by atoms with E-state index in [-0.39, 0.29) is 24.6 Å². The minimum atomic E-state index is -0.543. The fraction of sp³-hybridized carbons (Fsp3) is 0.333. The maximum Gasteiger partial charge on any atom is 0.311 e. The van der Waals surface area contributed by atoms with Gasteiger partial charge >= 0.3 is 5.69 Å². The van der Waals surface area contributed by atoms with Crippen LogP contribution in [0.2, 0.25) is 5.02 Å². The molecule has 0 saturated heterocycles.